The summed E-state index contributed by atoms with van der Waals surface area (Å²) in [5.41, 5.74) is -2.90. The molecule has 3 saturated heterocycles. The minimum Gasteiger partial charge on any atom is -0.393 e. The van der Waals surface area contributed by atoms with Crippen LogP contribution < -0.4 is 0 Å². The van der Waals surface area contributed by atoms with Gasteiger partial charge in [-0.15, -0.1) is 0 Å². The number of hydrogen-bond acceptors (Lipinski definition) is 13. The Bertz CT molecular complexity index is 1440. The van der Waals surface area contributed by atoms with Gasteiger partial charge in [-0.2, -0.15) is 0 Å². The van der Waals surface area contributed by atoms with Crippen LogP contribution in [0, 0.1) is 44.8 Å². The van der Waals surface area contributed by atoms with Gasteiger partial charge < -0.3 is 64.5 Å². The van der Waals surface area contributed by atoms with E-state index in [0.717, 1.165) is 38.5 Å². The largest absolute Gasteiger partial charge is 0.393 e. The molecule has 5 saturated carbocycles. The van der Waals surface area contributed by atoms with E-state index >= 15 is 0 Å². The van der Waals surface area contributed by atoms with Crippen molar-refractivity contribution in [3.05, 3.63) is 0 Å². The maximum Gasteiger partial charge on any atom is 0.186 e. The van der Waals surface area contributed by atoms with Crippen LogP contribution in [0.1, 0.15) is 113 Å². The molecule has 0 aromatic heterocycles. The molecule has 3 heterocycles. The van der Waals surface area contributed by atoms with E-state index < -0.39 is 90.2 Å². The molecule has 3 aliphatic heterocycles. The molecule has 0 radical (unpaired) electrons. The summed E-state index contributed by atoms with van der Waals surface area (Å²) >= 11 is 0. The highest BCUT2D eigenvalue weighted by molar-refractivity contribution is 5.33. The first-order valence-electron chi connectivity index (χ1n) is 20.7. The molecule has 0 aromatic rings. The molecule has 0 amide bonds. The van der Waals surface area contributed by atoms with Crippen LogP contribution in [0.15, 0.2) is 0 Å². The van der Waals surface area contributed by atoms with Crippen molar-refractivity contribution < 1.29 is 64.5 Å². The van der Waals surface area contributed by atoms with E-state index in [2.05, 4.69) is 34.6 Å². The van der Waals surface area contributed by atoms with Crippen molar-refractivity contribution in [1.29, 1.82) is 0 Å². The topological polar surface area (TPSA) is 208 Å². The van der Waals surface area contributed by atoms with Gasteiger partial charge in [-0.1, -0.05) is 27.7 Å². The van der Waals surface area contributed by atoms with Crippen LogP contribution in [0.2, 0.25) is 0 Å². The van der Waals surface area contributed by atoms with Gasteiger partial charge in [0.25, 0.3) is 0 Å². The van der Waals surface area contributed by atoms with E-state index in [4.69, 9.17) is 23.7 Å². The monoisotopic (exact) mass is 768 g/mol. The summed E-state index contributed by atoms with van der Waals surface area (Å²) in [5, 5.41) is 87.1. The predicted molar refractivity (Wildman–Crippen MR) is 192 cm³/mol. The smallest absolute Gasteiger partial charge is 0.186 e. The summed E-state index contributed by atoms with van der Waals surface area (Å²) in [6.07, 6.45) is -5.87. The highest BCUT2D eigenvalue weighted by Crippen LogP contribution is 2.89. The van der Waals surface area contributed by atoms with Crippen molar-refractivity contribution in [3.63, 3.8) is 0 Å². The minimum absolute atomic E-state index is 0.0219. The summed E-state index contributed by atoms with van der Waals surface area (Å²) < 4.78 is 32.1. The van der Waals surface area contributed by atoms with Crippen LogP contribution in [0.5, 0.6) is 0 Å². The van der Waals surface area contributed by atoms with Gasteiger partial charge >= 0.3 is 0 Å². The molecule has 5 aliphatic carbocycles. The quantitative estimate of drug-likeness (QED) is 0.182. The lowest BCUT2D eigenvalue weighted by Crippen LogP contribution is -2.65. The van der Waals surface area contributed by atoms with Crippen molar-refractivity contribution >= 4 is 0 Å². The molecule has 0 aromatic carbocycles. The van der Waals surface area contributed by atoms with Gasteiger partial charge in [0, 0.05) is 5.92 Å². The highest BCUT2D eigenvalue weighted by atomic mass is 16.7. The van der Waals surface area contributed by atoms with Gasteiger partial charge in [-0.3, -0.25) is 0 Å². The van der Waals surface area contributed by atoms with Gasteiger partial charge in [0.15, 0.2) is 12.6 Å². The van der Waals surface area contributed by atoms with E-state index in [1.54, 1.807) is 20.8 Å². The molecule has 8 N–H and O–H groups in total. The number of aliphatic hydroxyl groups excluding tert-OH is 7. The van der Waals surface area contributed by atoms with Gasteiger partial charge in [-0.25, -0.2) is 0 Å². The number of hydrogen-bond donors (Lipinski definition) is 8. The van der Waals surface area contributed by atoms with E-state index in [1.807, 2.05) is 0 Å². The highest BCUT2D eigenvalue weighted by Gasteiger charge is 2.85. The fourth-order valence-corrected chi connectivity index (χ4v) is 14.8. The molecule has 8 rings (SSSR count). The SMILES string of the molecule is C[C@@H]1O[C@H](O[C@H]2C[C@@H]3[C@]4(CC[C@]5(C)[C@@H]([C@@]6(C)CC[C@@H](C(C)(C)O)O6)[C@@H](O)C[C@@]35C)C[C@@]43CC[C@H](O[C@@H]4OC[C@@H](O)[C@H](O)[C@H]4O)C(C)(C)C23)[C@@H](O)[C@H](O)[C@H]1O. The van der Waals surface area contributed by atoms with Gasteiger partial charge in [0.1, 0.15) is 36.6 Å². The normalized spacial score (nSPS) is 59.6. The standard InChI is InChI=1S/C41H68O13/c1-19-26(44)28(46)30(48)34(51-19)52-22-15-23-38(7)16-20(42)31(39(8)11-9-25(54-39)36(4,5)49)37(38,6)13-14-40(23)18-41(40)12-10-24(35(2,3)32(22)41)53-33-29(47)27(45)21(43)17-50-33/h19-34,42-49H,9-18H2,1-8H3/t19-,20-,21+,22-,23-,24-,25-,26-,27-,28+,29+,30-,31-,32?,33-,34+,37+,38-,39+,40-,41+/m0/s1. The molecule has 54 heavy (non-hydrogen) atoms. The molecule has 13 nitrogen and oxygen atoms in total. The lowest BCUT2D eigenvalue weighted by atomic mass is 9.41. The van der Waals surface area contributed by atoms with Crippen LogP contribution >= 0.6 is 0 Å². The molecule has 21 atom stereocenters. The van der Waals surface area contributed by atoms with Crippen molar-refractivity contribution in [2.75, 3.05) is 6.61 Å². The Morgan fingerprint density at radius 2 is 1.37 bits per heavy atom. The lowest BCUT2D eigenvalue weighted by molar-refractivity contribution is -0.335. The van der Waals surface area contributed by atoms with Crippen LogP contribution in [-0.4, -0.2) is 138 Å². The maximum absolute atomic E-state index is 12.2. The van der Waals surface area contributed by atoms with Crippen molar-refractivity contribution in [3.8, 4) is 0 Å². The second-order valence-electron chi connectivity index (χ2n) is 21.0. The van der Waals surface area contributed by atoms with Gasteiger partial charge in [-0.05, 0) is 124 Å². The molecule has 8 fully saturated rings. The molecule has 8 aliphatic rings. The fraction of sp³-hybridized carbons (Fsp3) is 1.00. The zero-order valence-electron chi connectivity index (χ0n) is 33.4. The summed E-state index contributed by atoms with van der Waals surface area (Å²) in [4.78, 5) is 0. The Kier molecular flexibility index (Phi) is 9.50. The maximum atomic E-state index is 12.2. The molecule has 2 spiro atoms. The Labute approximate surface area is 319 Å². The average Bonchev–Trinajstić information content (AvgIpc) is 3.45. The fourth-order valence-electron chi connectivity index (χ4n) is 14.8. The van der Waals surface area contributed by atoms with E-state index in [0.29, 0.717) is 19.3 Å². The van der Waals surface area contributed by atoms with Crippen molar-refractivity contribution in [2.45, 2.75) is 204 Å². The lowest BCUT2D eigenvalue weighted by Gasteiger charge is -2.65. The van der Waals surface area contributed by atoms with E-state index in [-0.39, 0.29) is 52.1 Å². The molecule has 13 heteroatoms. The zero-order valence-corrected chi connectivity index (χ0v) is 33.4. The van der Waals surface area contributed by atoms with Crippen LogP contribution in [-0.2, 0) is 23.7 Å². The van der Waals surface area contributed by atoms with E-state index in [1.165, 1.54) is 0 Å². The molecular weight excluding hydrogens is 700 g/mol. The molecular formula is C41H68O13. The van der Waals surface area contributed by atoms with Crippen LogP contribution in [0.4, 0.5) is 0 Å². The summed E-state index contributed by atoms with van der Waals surface area (Å²) in [5.74, 6) is -0.0738. The number of fused-ring (bicyclic) bond motifs is 2. The van der Waals surface area contributed by atoms with Gasteiger partial charge in [0.05, 0.1) is 48.3 Å². The second-order valence-corrected chi connectivity index (χ2v) is 21.0. The van der Waals surface area contributed by atoms with Crippen LogP contribution in [0.25, 0.3) is 0 Å². The van der Waals surface area contributed by atoms with Crippen LogP contribution in [0.3, 0.4) is 0 Å². The Morgan fingerprint density at radius 3 is 2.04 bits per heavy atom. The van der Waals surface area contributed by atoms with Crippen molar-refractivity contribution in [1.82, 2.24) is 0 Å². The third-order valence-corrected chi connectivity index (χ3v) is 17.6. The third-order valence-electron chi connectivity index (χ3n) is 17.6. The summed E-state index contributed by atoms with van der Waals surface area (Å²) in [7, 11) is 0. The van der Waals surface area contributed by atoms with E-state index in [9.17, 15) is 40.9 Å². The third kappa shape index (κ3) is 5.43. The predicted octanol–water partition coefficient (Wildman–Crippen LogP) is 1.75. The second kappa shape index (κ2) is 12.7. The number of ether oxygens (including phenoxy) is 5. The summed E-state index contributed by atoms with van der Waals surface area (Å²) in [6.45, 7) is 16.3. The van der Waals surface area contributed by atoms with Gasteiger partial charge in [0.2, 0.25) is 0 Å². The number of aliphatic hydroxyl groups is 8. The number of rotatable bonds is 6. The first-order chi connectivity index (χ1) is 25.0. The Morgan fingerprint density at radius 1 is 0.685 bits per heavy atom. The summed E-state index contributed by atoms with van der Waals surface area (Å²) in [6, 6.07) is 0. The Hall–Kier alpha value is -0.520. The van der Waals surface area contributed by atoms with Crippen molar-refractivity contribution in [2.24, 2.45) is 44.8 Å². The zero-order chi connectivity index (χ0) is 39.3. The first-order valence-corrected chi connectivity index (χ1v) is 20.7. The molecule has 310 valence electrons. The minimum atomic E-state index is -1.47. The molecule has 1 unspecified atom stereocenters. The average molecular weight is 769 g/mol. The Balaban J connectivity index is 1.15. The first kappa shape index (κ1) is 40.3. The molecule has 0 bridgehead atoms.